The molecule has 296 valence electrons. The van der Waals surface area contributed by atoms with Crippen LogP contribution in [0.3, 0.4) is 0 Å². The number of hydrogen-bond acceptors (Lipinski definition) is 10. The molecule has 0 atom stereocenters. The van der Waals surface area contributed by atoms with Crippen molar-refractivity contribution in [2.75, 3.05) is 46.4 Å². The number of phenolic OH excluding ortho intramolecular Hbond substituents is 2. The average molecular weight is 741 g/mol. The molecule has 0 bridgehead atoms. The zero-order chi connectivity index (χ0) is 39.6. The highest BCUT2D eigenvalue weighted by Crippen LogP contribution is 2.52. The van der Waals surface area contributed by atoms with E-state index in [4.69, 9.17) is 28.4 Å². The van der Waals surface area contributed by atoms with E-state index in [1.54, 1.807) is 0 Å². The maximum Gasteiger partial charge on any atom is 0.306 e. The summed E-state index contributed by atoms with van der Waals surface area (Å²) in [4.78, 5) is 26.5. The number of carbonyl (C=O) groups excluding carboxylic acids is 2. The van der Waals surface area contributed by atoms with Crippen LogP contribution < -0.4 is 0 Å². The third-order valence-corrected chi connectivity index (χ3v) is 10.7. The molecule has 53 heavy (non-hydrogen) atoms. The van der Waals surface area contributed by atoms with E-state index in [0.717, 1.165) is 33.4 Å². The predicted molar refractivity (Wildman–Crippen MR) is 203 cm³/mol. The van der Waals surface area contributed by atoms with Crippen LogP contribution in [-0.4, -0.2) is 74.4 Å². The van der Waals surface area contributed by atoms with Gasteiger partial charge in [0.2, 0.25) is 0 Å². The van der Waals surface area contributed by atoms with E-state index < -0.39 is 22.0 Å². The molecule has 2 aliphatic rings. The Hall–Kier alpha value is -3.18. The number of aryl methyl sites for hydroxylation is 4. The third kappa shape index (κ3) is 9.74. The van der Waals surface area contributed by atoms with Crippen molar-refractivity contribution in [1.82, 2.24) is 0 Å². The van der Waals surface area contributed by atoms with Crippen molar-refractivity contribution >= 4 is 11.9 Å². The first-order valence-electron chi connectivity index (χ1n) is 18.8. The second-order valence-electron chi connectivity index (χ2n) is 18.7. The van der Waals surface area contributed by atoms with E-state index in [1.807, 2.05) is 107 Å². The maximum atomic E-state index is 13.2. The topological polar surface area (TPSA) is 130 Å². The van der Waals surface area contributed by atoms with E-state index >= 15 is 0 Å². The molecule has 10 heteroatoms. The maximum absolute atomic E-state index is 13.2. The Morgan fingerprint density at radius 1 is 0.642 bits per heavy atom. The van der Waals surface area contributed by atoms with E-state index in [1.165, 1.54) is 0 Å². The lowest BCUT2D eigenvalue weighted by Crippen LogP contribution is -2.68. The zero-order valence-electron chi connectivity index (χ0n) is 34.2. The fourth-order valence-electron chi connectivity index (χ4n) is 7.56. The standard InChI is InChI=1S/C43H64O10/c1-28-17-30(19-32(36(28)46)38(3,4)5)13-15-34(44)50-21-40(9,10)43(52-25-42(26-53-43)23-48-27-49-24-42)41(11,12)22-51-35(45)16-14-31-18-29(2)37(47)33(20-31)39(6,7)8/h17-20,46-47H,13-16,21-27H2,1-12H3. The van der Waals surface area contributed by atoms with Gasteiger partial charge in [-0.25, -0.2) is 0 Å². The number of carbonyl (C=O) groups is 2. The van der Waals surface area contributed by atoms with Crippen LogP contribution in [0, 0.1) is 30.1 Å². The summed E-state index contributed by atoms with van der Waals surface area (Å²) in [5.41, 5.74) is 2.41. The van der Waals surface area contributed by atoms with Crippen molar-refractivity contribution < 1.29 is 48.2 Å². The number of benzene rings is 2. The molecule has 0 radical (unpaired) electrons. The molecule has 0 saturated carbocycles. The molecule has 2 heterocycles. The second kappa shape index (κ2) is 15.9. The highest BCUT2D eigenvalue weighted by atomic mass is 16.7. The quantitative estimate of drug-likeness (QED) is 0.209. The molecular weight excluding hydrogens is 676 g/mol. The van der Waals surface area contributed by atoms with Crippen LogP contribution in [0.15, 0.2) is 24.3 Å². The number of esters is 2. The summed E-state index contributed by atoms with van der Waals surface area (Å²) >= 11 is 0. The van der Waals surface area contributed by atoms with Gasteiger partial charge in [-0.2, -0.15) is 0 Å². The van der Waals surface area contributed by atoms with Crippen LogP contribution in [0.25, 0.3) is 0 Å². The number of rotatable bonds is 12. The van der Waals surface area contributed by atoms with Crippen molar-refractivity contribution in [1.29, 1.82) is 0 Å². The van der Waals surface area contributed by atoms with Gasteiger partial charge < -0.3 is 38.6 Å². The van der Waals surface area contributed by atoms with Crippen molar-refractivity contribution in [2.24, 2.45) is 16.2 Å². The molecule has 2 aromatic carbocycles. The lowest BCUT2D eigenvalue weighted by Gasteiger charge is -2.58. The van der Waals surface area contributed by atoms with Crippen molar-refractivity contribution in [2.45, 2.75) is 125 Å². The Balaban J connectivity index is 1.46. The van der Waals surface area contributed by atoms with E-state index in [-0.39, 0.29) is 80.3 Å². The number of hydrogen-bond donors (Lipinski definition) is 2. The van der Waals surface area contributed by atoms with Crippen LogP contribution in [0.4, 0.5) is 0 Å². The summed E-state index contributed by atoms with van der Waals surface area (Å²) in [5.74, 6) is -1.46. The summed E-state index contributed by atoms with van der Waals surface area (Å²) in [6.07, 6.45) is 1.25. The molecule has 2 fully saturated rings. The molecule has 10 nitrogen and oxygen atoms in total. The van der Waals surface area contributed by atoms with Crippen molar-refractivity contribution in [3.05, 3.63) is 57.6 Å². The summed E-state index contributed by atoms with van der Waals surface area (Å²) < 4.78 is 36.6. The van der Waals surface area contributed by atoms with E-state index in [2.05, 4.69) is 0 Å². The molecule has 0 aliphatic carbocycles. The first kappa shape index (κ1) is 42.6. The monoisotopic (exact) mass is 740 g/mol. The van der Waals surface area contributed by atoms with Crippen LogP contribution in [0.1, 0.15) is 115 Å². The molecule has 2 aromatic rings. The van der Waals surface area contributed by atoms with Gasteiger partial charge in [-0.15, -0.1) is 0 Å². The summed E-state index contributed by atoms with van der Waals surface area (Å²) in [6.45, 7) is 25.4. The zero-order valence-corrected chi connectivity index (χ0v) is 34.2. The highest BCUT2D eigenvalue weighted by molar-refractivity contribution is 5.70. The molecule has 1 spiro atoms. The van der Waals surface area contributed by atoms with E-state index in [9.17, 15) is 19.8 Å². The SMILES string of the molecule is Cc1cc(CCC(=O)OCC(C)(C)C2(C(C)(C)COC(=O)CCc3cc(C)c(O)c(C(C)(C)C)c3)OCC3(COCOC3)CO2)cc(C(C)(C)C)c1O. The van der Waals surface area contributed by atoms with Crippen LogP contribution >= 0.6 is 0 Å². The minimum absolute atomic E-state index is 0.00136. The molecule has 0 aromatic heterocycles. The third-order valence-electron chi connectivity index (χ3n) is 10.7. The van der Waals surface area contributed by atoms with Crippen LogP contribution in [0.5, 0.6) is 11.5 Å². The predicted octanol–water partition coefficient (Wildman–Crippen LogP) is 7.75. The van der Waals surface area contributed by atoms with Crippen LogP contribution in [0.2, 0.25) is 0 Å². The molecule has 2 saturated heterocycles. The fraction of sp³-hybridized carbons (Fsp3) is 0.674. The van der Waals surface area contributed by atoms with Gasteiger partial charge in [-0.3, -0.25) is 9.59 Å². The number of phenols is 2. The van der Waals surface area contributed by atoms with Crippen molar-refractivity contribution in [3.63, 3.8) is 0 Å². The van der Waals surface area contributed by atoms with Gasteiger partial charge >= 0.3 is 11.9 Å². The van der Waals surface area contributed by atoms with Gasteiger partial charge in [-0.1, -0.05) is 93.5 Å². The minimum Gasteiger partial charge on any atom is -0.507 e. The van der Waals surface area contributed by atoms with Gasteiger partial charge in [-0.05, 0) is 70.9 Å². The fourth-order valence-corrected chi connectivity index (χ4v) is 7.56. The van der Waals surface area contributed by atoms with Gasteiger partial charge in [0.25, 0.3) is 0 Å². The smallest absolute Gasteiger partial charge is 0.306 e. The molecule has 0 amide bonds. The van der Waals surface area contributed by atoms with E-state index in [0.29, 0.717) is 26.1 Å². The average Bonchev–Trinajstić information content (AvgIpc) is 3.06. The Bertz CT molecular complexity index is 1510. The Labute approximate surface area is 316 Å². The molecule has 0 unspecified atom stereocenters. The molecule has 2 N–H and O–H groups in total. The number of ether oxygens (including phenoxy) is 6. The lowest BCUT2D eigenvalue weighted by molar-refractivity contribution is -0.406. The Morgan fingerprint density at radius 2 is 1.02 bits per heavy atom. The largest absolute Gasteiger partial charge is 0.507 e. The first-order valence-corrected chi connectivity index (χ1v) is 18.8. The highest BCUT2D eigenvalue weighted by Gasteiger charge is 2.62. The Kier molecular flexibility index (Phi) is 12.8. The van der Waals surface area contributed by atoms with Gasteiger partial charge in [0.05, 0.1) is 42.7 Å². The van der Waals surface area contributed by atoms with Gasteiger partial charge in [0.15, 0.2) is 5.79 Å². The van der Waals surface area contributed by atoms with Crippen molar-refractivity contribution in [3.8, 4) is 11.5 Å². The lowest BCUT2D eigenvalue weighted by atomic mass is 9.67. The molecule has 4 rings (SSSR count). The van der Waals surface area contributed by atoms with Gasteiger partial charge in [0.1, 0.15) is 31.5 Å². The summed E-state index contributed by atoms with van der Waals surface area (Å²) in [6, 6.07) is 7.75. The normalized spacial score (nSPS) is 17.8. The van der Waals surface area contributed by atoms with Gasteiger partial charge in [0, 0.05) is 12.8 Å². The summed E-state index contributed by atoms with van der Waals surface area (Å²) in [7, 11) is 0. The Morgan fingerprint density at radius 3 is 1.38 bits per heavy atom. The first-order chi connectivity index (χ1) is 24.4. The minimum atomic E-state index is -1.31. The molecule has 2 aliphatic heterocycles. The van der Waals surface area contributed by atoms with Crippen LogP contribution in [-0.2, 0) is 61.7 Å². The molecular formula is C43H64O10. The second-order valence-corrected chi connectivity index (χ2v) is 18.7. The number of aromatic hydroxyl groups is 2. The summed E-state index contributed by atoms with van der Waals surface area (Å²) in [5, 5.41) is 21.3.